The molecule has 7 heteroatoms. The second-order valence-electron chi connectivity index (χ2n) is 3.79. The highest BCUT2D eigenvalue weighted by Gasteiger charge is 2.13. The van der Waals surface area contributed by atoms with Crippen molar-refractivity contribution in [2.24, 2.45) is 0 Å². The highest BCUT2D eigenvalue weighted by molar-refractivity contribution is 5.84. The summed E-state index contributed by atoms with van der Waals surface area (Å²) in [5.41, 5.74) is 0. The quantitative estimate of drug-likeness (QED) is 0.672. The third kappa shape index (κ3) is 6.07. The van der Waals surface area contributed by atoms with Crippen LogP contribution in [0, 0.1) is 0 Å². The maximum atomic E-state index is 11.6. The van der Waals surface area contributed by atoms with Gasteiger partial charge in [0.15, 0.2) is 0 Å². The van der Waals surface area contributed by atoms with Crippen molar-refractivity contribution in [2.75, 3.05) is 33.2 Å². The second-order valence-corrected chi connectivity index (χ2v) is 3.79. The molecule has 104 valence electrons. The summed E-state index contributed by atoms with van der Waals surface area (Å²) in [6.07, 6.45) is -0.117. The molecule has 0 aromatic heterocycles. The summed E-state index contributed by atoms with van der Waals surface area (Å²) in [6.45, 7) is 4.96. The Balaban J connectivity index is 4.01. The summed E-state index contributed by atoms with van der Waals surface area (Å²) in [4.78, 5) is 36.3. The molecular weight excluding hydrogens is 238 g/mol. The maximum Gasteiger partial charge on any atom is 0.317 e. The van der Waals surface area contributed by atoms with Gasteiger partial charge in [0.05, 0.1) is 13.0 Å². The standard InChI is InChI=1S/C11H21N3O4/c1-4-14(5-2)9(15)8-12-11(18)13(3)7-6-10(16)17/h4-8H2,1-3H3,(H,12,18)(H,16,17). The minimum atomic E-state index is -0.964. The fourth-order valence-corrected chi connectivity index (χ4v) is 1.34. The van der Waals surface area contributed by atoms with E-state index in [-0.39, 0.29) is 25.4 Å². The van der Waals surface area contributed by atoms with Crippen LogP contribution in [-0.4, -0.2) is 66.0 Å². The largest absolute Gasteiger partial charge is 0.481 e. The Kier molecular flexibility index (Phi) is 7.50. The minimum absolute atomic E-state index is 0.0715. The van der Waals surface area contributed by atoms with Crippen LogP contribution in [0.15, 0.2) is 0 Å². The number of rotatable bonds is 7. The first-order valence-corrected chi connectivity index (χ1v) is 5.90. The van der Waals surface area contributed by atoms with Crippen molar-refractivity contribution >= 4 is 17.9 Å². The highest BCUT2D eigenvalue weighted by Crippen LogP contribution is 1.91. The van der Waals surface area contributed by atoms with Crippen LogP contribution >= 0.6 is 0 Å². The summed E-state index contributed by atoms with van der Waals surface area (Å²) >= 11 is 0. The SMILES string of the molecule is CCN(CC)C(=O)CNC(=O)N(C)CCC(=O)O. The van der Waals surface area contributed by atoms with Gasteiger partial charge < -0.3 is 20.2 Å². The lowest BCUT2D eigenvalue weighted by atomic mass is 10.4. The summed E-state index contributed by atoms with van der Waals surface area (Å²) in [5.74, 6) is -1.12. The minimum Gasteiger partial charge on any atom is -0.481 e. The van der Waals surface area contributed by atoms with Crippen molar-refractivity contribution in [3.8, 4) is 0 Å². The number of hydrogen-bond donors (Lipinski definition) is 2. The Morgan fingerprint density at radius 1 is 1.17 bits per heavy atom. The van der Waals surface area contributed by atoms with E-state index in [0.717, 1.165) is 0 Å². The van der Waals surface area contributed by atoms with Gasteiger partial charge in [0.1, 0.15) is 0 Å². The lowest BCUT2D eigenvalue weighted by Crippen LogP contribution is -2.44. The van der Waals surface area contributed by atoms with Gasteiger partial charge in [-0.15, -0.1) is 0 Å². The number of nitrogens with one attached hydrogen (secondary N) is 1. The molecule has 0 aliphatic rings. The van der Waals surface area contributed by atoms with Crippen molar-refractivity contribution in [2.45, 2.75) is 20.3 Å². The molecule has 0 saturated heterocycles. The first-order chi connectivity index (χ1) is 8.42. The average Bonchev–Trinajstić information content (AvgIpc) is 2.34. The Hall–Kier alpha value is -1.79. The van der Waals surface area contributed by atoms with Gasteiger partial charge in [-0.1, -0.05) is 0 Å². The van der Waals surface area contributed by atoms with Crippen molar-refractivity contribution in [3.05, 3.63) is 0 Å². The molecule has 0 spiro atoms. The van der Waals surface area contributed by atoms with E-state index in [1.165, 1.54) is 11.9 Å². The number of likely N-dealkylation sites (N-methyl/N-ethyl adjacent to an activating group) is 1. The molecule has 18 heavy (non-hydrogen) atoms. The Morgan fingerprint density at radius 2 is 1.72 bits per heavy atom. The number of aliphatic carboxylic acids is 1. The first kappa shape index (κ1) is 16.2. The lowest BCUT2D eigenvalue weighted by Gasteiger charge is -2.21. The molecule has 0 atom stereocenters. The second kappa shape index (κ2) is 8.32. The lowest BCUT2D eigenvalue weighted by molar-refractivity contribution is -0.137. The number of carbonyl (C=O) groups is 3. The first-order valence-electron chi connectivity index (χ1n) is 5.90. The maximum absolute atomic E-state index is 11.6. The zero-order valence-corrected chi connectivity index (χ0v) is 11.1. The molecule has 0 aromatic rings. The topological polar surface area (TPSA) is 90.0 Å². The van der Waals surface area contributed by atoms with Gasteiger partial charge in [-0.05, 0) is 13.8 Å². The molecule has 0 saturated carbocycles. The van der Waals surface area contributed by atoms with Gasteiger partial charge >= 0.3 is 12.0 Å². The normalized spacial score (nSPS) is 9.72. The van der Waals surface area contributed by atoms with E-state index in [0.29, 0.717) is 13.1 Å². The Bertz CT molecular complexity index is 303. The number of nitrogens with zero attached hydrogens (tertiary/aromatic N) is 2. The van der Waals surface area contributed by atoms with Gasteiger partial charge in [-0.2, -0.15) is 0 Å². The van der Waals surface area contributed by atoms with Crippen molar-refractivity contribution in [1.29, 1.82) is 0 Å². The third-order valence-corrected chi connectivity index (χ3v) is 2.51. The number of hydrogen-bond acceptors (Lipinski definition) is 3. The molecule has 7 nitrogen and oxygen atoms in total. The van der Waals surface area contributed by atoms with Crippen LogP contribution in [0.3, 0.4) is 0 Å². The number of carbonyl (C=O) groups excluding carboxylic acids is 2. The fraction of sp³-hybridized carbons (Fsp3) is 0.727. The monoisotopic (exact) mass is 259 g/mol. The van der Waals surface area contributed by atoms with E-state index in [9.17, 15) is 14.4 Å². The molecular formula is C11H21N3O4. The van der Waals surface area contributed by atoms with Crippen LogP contribution in [0.2, 0.25) is 0 Å². The van der Waals surface area contributed by atoms with Crippen LogP contribution < -0.4 is 5.32 Å². The van der Waals surface area contributed by atoms with E-state index in [4.69, 9.17) is 5.11 Å². The highest BCUT2D eigenvalue weighted by atomic mass is 16.4. The predicted molar refractivity (Wildman–Crippen MR) is 66.2 cm³/mol. The van der Waals surface area contributed by atoms with E-state index < -0.39 is 12.0 Å². The van der Waals surface area contributed by atoms with Crippen LogP contribution in [-0.2, 0) is 9.59 Å². The van der Waals surface area contributed by atoms with E-state index in [2.05, 4.69) is 5.32 Å². The smallest absolute Gasteiger partial charge is 0.317 e. The van der Waals surface area contributed by atoms with Crippen LogP contribution in [0.5, 0.6) is 0 Å². The van der Waals surface area contributed by atoms with Gasteiger partial charge in [0, 0.05) is 26.7 Å². The summed E-state index contributed by atoms with van der Waals surface area (Å²) < 4.78 is 0. The van der Waals surface area contributed by atoms with Crippen molar-refractivity contribution in [3.63, 3.8) is 0 Å². The Morgan fingerprint density at radius 3 is 2.17 bits per heavy atom. The predicted octanol–water partition coefficient (Wildman–Crippen LogP) is -0.0291. The van der Waals surface area contributed by atoms with Crippen LogP contribution in [0.1, 0.15) is 20.3 Å². The fourth-order valence-electron chi connectivity index (χ4n) is 1.34. The molecule has 0 heterocycles. The summed E-state index contributed by atoms with van der Waals surface area (Å²) in [7, 11) is 1.49. The molecule has 0 unspecified atom stereocenters. The van der Waals surface area contributed by atoms with E-state index in [1.807, 2.05) is 13.8 Å². The molecule has 0 aromatic carbocycles. The van der Waals surface area contributed by atoms with Gasteiger partial charge in [-0.3, -0.25) is 9.59 Å². The molecule has 0 radical (unpaired) electrons. The number of amides is 3. The molecule has 2 N–H and O–H groups in total. The average molecular weight is 259 g/mol. The molecule has 3 amide bonds. The molecule has 0 aliphatic heterocycles. The molecule has 0 rings (SSSR count). The zero-order valence-electron chi connectivity index (χ0n) is 11.1. The molecule has 0 bridgehead atoms. The Labute approximate surface area is 107 Å². The van der Waals surface area contributed by atoms with Gasteiger partial charge in [-0.25, -0.2) is 4.79 Å². The zero-order chi connectivity index (χ0) is 14.1. The molecule has 0 aliphatic carbocycles. The number of carboxylic acids is 1. The third-order valence-electron chi connectivity index (χ3n) is 2.51. The summed E-state index contributed by atoms with van der Waals surface area (Å²) in [6, 6.07) is -0.447. The number of carboxylic acid groups (broad SMARTS) is 1. The number of urea groups is 1. The van der Waals surface area contributed by atoms with Gasteiger partial charge in [0.2, 0.25) is 5.91 Å². The van der Waals surface area contributed by atoms with E-state index in [1.54, 1.807) is 4.90 Å². The van der Waals surface area contributed by atoms with Gasteiger partial charge in [0.25, 0.3) is 0 Å². The van der Waals surface area contributed by atoms with Crippen molar-refractivity contribution in [1.82, 2.24) is 15.1 Å². The summed E-state index contributed by atoms with van der Waals surface area (Å²) in [5, 5.41) is 10.9. The van der Waals surface area contributed by atoms with Crippen LogP contribution in [0.25, 0.3) is 0 Å². The van der Waals surface area contributed by atoms with Crippen LogP contribution in [0.4, 0.5) is 4.79 Å². The van der Waals surface area contributed by atoms with Crippen molar-refractivity contribution < 1.29 is 19.5 Å². The van der Waals surface area contributed by atoms with E-state index >= 15 is 0 Å². The molecule has 0 fully saturated rings.